The zero-order chi connectivity index (χ0) is 18.0. The van der Waals surface area contributed by atoms with E-state index in [0.29, 0.717) is 37.4 Å². The molecule has 1 aliphatic rings. The maximum atomic E-state index is 11.7. The van der Waals surface area contributed by atoms with E-state index < -0.39 is 15.9 Å². The van der Waals surface area contributed by atoms with E-state index >= 15 is 0 Å². The molecule has 0 aromatic heterocycles. The largest absolute Gasteiger partial charge is 4.00 e. The van der Waals surface area contributed by atoms with Gasteiger partial charge < -0.3 is 17.2 Å². The van der Waals surface area contributed by atoms with E-state index in [2.05, 4.69) is 6.08 Å². The molecule has 0 aromatic carbocycles. The monoisotopic (exact) mass is 465 g/mol. The van der Waals surface area contributed by atoms with Crippen LogP contribution in [0, 0.1) is 23.8 Å². The van der Waals surface area contributed by atoms with Crippen LogP contribution in [-0.2, 0) is 26.2 Å². The summed E-state index contributed by atoms with van der Waals surface area (Å²) in [5, 5.41) is 0. The molecule has 0 radical (unpaired) electrons. The molecule has 1 rings (SSSR count). The van der Waals surface area contributed by atoms with E-state index in [9.17, 15) is 3.50 Å². The Kier molecular flexibility index (Phi) is 34.2. The van der Waals surface area contributed by atoms with Gasteiger partial charge in [-0.1, -0.05) is 59.3 Å². The van der Waals surface area contributed by atoms with Gasteiger partial charge in [0.1, 0.15) is 0 Å². The van der Waals surface area contributed by atoms with Gasteiger partial charge in [-0.3, -0.25) is 0 Å². The molecule has 6 heteroatoms. The average molecular weight is 465 g/mol. The van der Waals surface area contributed by atoms with Crippen molar-refractivity contribution in [3.63, 3.8) is 0 Å². The zero-order valence-electron chi connectivity index (χ0n) is 15.8. The Morgan fingerprint density at radius 1 is 0.957 bits per heavy atom. The van der Waals surface area contributed by atoms with Gasteiger partial charge in [-0.05, 0) is 0 Å². The second-order valence-electron chi connectivity index (χ2n) is 6.24. The molecule has 0 fully saturated rings. The molecule has 0 bridgehead atoms. The van der Waals surface area contributed by atoms with E-state index in [0.717, 1.165) is 10.8 Å². The number of rotatable bonds is 4. The molecule has 0 spiro atoms. The topological polar surface area (TPSA) is 71.4 Å². The summed E-state index contributed by atoms with van der Waals surface area (Å²) in [4.78, 5) is 0. The van der Waals surface area contributed by atoms with E-state index in [4.69, 9.17) is 17.2 Å². The number of nitrogens with one attached hydrogen (secondary N) is 3. The third-order valence-electron chi connectivity index (χ3n) is 2.13. The van der Waals surface area contributed by atoms with E-state index in [1.165, 1.54) is 0 Å². The minimum atomic E-state index is -1.75. The molecule has 3 N–H and O–H groups in total. The summed E-state index contributed by atoms with van der Waals surface area (Å²) in [5.74, 6) is 1.65. The predicted molar refractivity (Wildman–Crippen MR) is 102 cm³/mol. The molecule has 0 amide bonds. The molecule has 0 unspecified atom stereocenters. The summed E-state index contributed by atoms with van der Waals surface area (Å²) in [6.07, 6.45) is 7.55. The molecular formula is C17H36FGeN3Zr. The first-order valence-corrected chi connectivity index (χ1v) is 10.6. The standard InChI is InChI=1S/C5H6FGe.3C4H10N.Zr/c6-7-5-3-1-2-4-5;3*1-4(2)3-5;/h1,3H,2,7H2;3*4-5H,3H2,1-2H3;/q4*-1;+4. The van der Waals surface area contributed by atoms with Gasteiger partial charge in [0, 0.05) is 0 Å². The molecule has 0 saturated heterocycles. The van der Waals surface area contributed by atoms with Crippen molar-refractivity contribution in [3.8, 4) is 0 Å². The van der Waals surface area contributed by atoms with Crippen LogP contribution in [0.1, 0.15) is 48.0 Å². The van der Waals surface area contributed by atoms with Gasteiger partial charge in [0.15, 0.2) is 0 Å². The summed E-state index contributed by atoms with van der Waals surface area (Å²) in [6, 6.07) is 0. The first-order valence-electron chi connectivity index (χ1n) is 8.00. The summed E-state index contributed by atoms with van der Waals surface area (Å²) in [6.45, 7) is 13.9. The van der Waals surface area contributed by atoms with Gasteiger partial charge in [-0.2, -0.15) is 0 Å². The molecule has 3 nitrogen and oxygen atoms in total. The molecule has 134 valence electrons. The Hall–Kier alpha value is 0.716. The van der Waals surface area contributed by atoms with Crippen LogP contribution in [0.4, 0.5) is 3.50 Å². The Morgan fingerprint density at radius 2 is 1.26 bits per heavy atom. The summed E-state index contributed by atoms with van der Waals surface area (Å²) >= 11 is -1.75. The number of halogens is 1. The second-order valence-corrected chi connectivity index (χ2v) is 8.40. The third kappa shape index (κ3) is 39.5. The van der Waals surface area contributed by atoms with E-state index in [1.807, 2.05) is 53.7 Å². The fourth-order valence-electron chi connectivity index (χ4n) is 0.542. The van der Waals surface area contributed by atoms with Gasteiger partial charge in [-0.15, -0.1) is 19.6 Å². The molecule has 0 saturated carbocycles. The van der Waals surface area contributed by atoms with Crippen molar-refractivity contribution < 1.29 is 29.7 Å². The average Bonchev–Trinajstić information content (AvgIpc) is 3.02. The maximum absolute atomic E-state index is 11.7. The fraction of sp³-hybridized carbons (Fsp3) is 0.765. The van der Waals surface area contributed by atoms with Gasteiger partial charge in [0.05, 0.1) is 0 Å². The Labute approximate surface area is 170 Å². The maximum Gasteiger partial charge on any atom is 4.00 e. The third-order valence-corrected chi connectivity index (χ3v) is 3.76. The quantitative estimate of drug-likeness (QED) is 0.374. The van der Waals surface area contributed by atoms with Gasteiger partial charge in [0.25, 0.3) is 0 Å². The van der Waals surface area contributed by atoms with Gasteiger partial charge in [-0.25, -0.2) is 0 Å². The number of allylic oxidation sites excluding steroid dienone is 4. The van der Waals surface area contributed by atoms with Crippen LogP contribution in [0.25, 0.3) is 17.2 Å². The molecule has 0 aliphatic heterocycles. The molecule has 23 heavy (non-hydrogen) atoms. The van der Waals surface area contributed by atoms with Crippen molar-refractivity contribution in [1.29, 1.82) is 0 Å². The van der Waals surface area contributed by atoms with Crippen molar-refractivity contribution >= 4 is 15.9 Å². The number of hydrogen-bond donors (Lipinski definition) is 0. The van der Waals surface area contributed by atoms with Crippen molar-refractivity contribution in [3.05, 3.63) is 39.8 Å². The molecule has 0 heterocycles. The minimum absolute atomic E-state index is 0. The SMILES string of the molecule is CC(C)C[NH-].CC(C)C[NH-].CC(C)C[NH-].[F][GeH2][C]1=[C-]CC=C1.[Zr+4]. The second kappa shape index (κ2) is 25.0. The van der Waals surface area contributed by atoms with Gasteiger partial charge >= 0.3 is 74.7 Å². The summed E-state index contributed by atoms with van der Waals surface area (Å²) in [5.41, 5.74) is 20.0. The van der Waals surface area contributed by atoms with Crippen molar-refractivity contribution in [2.45, 2.75) is 48.0 Å². The predicted octanol–water partition coefficient (Wildman–Crippen LogP) is 5.77. The Morgan fingerprint density at radius 3 is 1.35 bits per heavy atom. The van der Waals surface area contributed by atoms with Gasteiger partial charge in [0.2, 0.25) is 0 Å². The minimum Gasteiger partial charge on any atom is 4.00 e. The molecular weight excluding hydrogens is 429 g/mol. The zero-order valence-corrected chi connectivity index (χ0v) is 21.2. The van der Waals surface area contributed by atoms with Crippen molar-refractivity contribution in [1.82, 2.24) is 0 Å². The Bertz CT molecular complexity index is 252. The van der Waals surface area contributed by atoms with Crippen LogP contribution in [-0.4, -0.2) is 35.5 Å². The molecule has 1 aliphatic carbocycles. The van der Waals surface area contributed by atoms with Crippen LogP contribution in [0.15, 0.2) is 16.6 Å². The number of hydrogen-bond acceptors (Lipinski definition) is 0. The van der Waals surface area contributed by atoms with Crippen LogP contribution >= 0.6 is 0 Å². The normalized spacial score (nSPS) is 12.1. The van der Waals surface area contributed by atoms with E-state index in [-0.39, 0.29) is 26.2 Å². The summed E-state index contributed by atoms with van der Waals surface area (Å²) in [7, 11) is 0. The summed E-state index contributed by atoms with van der Waals surface area (Å²) < 4.78 is 12.6. The fourth-order valence-corrected chi connectivity index (χ4v) is 1.58. The van der Waals surface area contributed by atoms with Crippen molar-refractivity contribution in [2.24, 2.45) is 17.8 Å². The molecule has 0 atom stereocenters. The van der Waals surface area contributed by atoms with E-state index in [1.54, 1.807) is 0 Å². The van der Waals surface area contributed by atoms with Crippen LogP contribution in [0.3, 0.4) is 0 Å². The smallest absolute Gasteiger partial charge is 4.00 e. The molecule has 0 aromatic rings. The first-order chi connectivity index (χ1) is 10.2. The van der Waals surface area contributed by atoms with Crippen LogP contribution < -0.4 is 0 Å². The first kappa shape index (κ1) is 31.5. The van der Waals surface area contributed by atoms with Crippen molar-refractivity contribution in [2.75, 3.05) is 19.6 Å². The van der Waals surface area contributed by atoms with Crippen LogP contribution in [0.2, 0.25) is 0 Å². The van der Waals surface area contributed by atoms with Crippen LogP contribution in [0.5, 0.6) is 0 Å². The Balaban J connectivity index is -0.000000105.